The first-order valence-corrected chi connectivity index (χ1v) is 3.93. The van der Waals surface area contributed by atoms with Crippen LogP contribution < -0.4 is 0 Å². The number of carbonyl (C=O) groups is 1. The second-order valence-electron chi connectivity index (χ2n) is 2.22. The summed E-state index contributed by atoms with van der Waals surface area (Å²) in [5, 5.41) is 16.0. The van der Waals surface area contributed by atoms with Gasteiger partial charge in [0.25, 0.3) is 0 Å². The van der Waals surface area contributed by atoms with Gasteiger partial charge in [-0.25, -0.2) is 0 Å². The Bertz CT molecular complexity index is 122. The number of methoxy groups -OCH3 is 1. The van der Waals surface area contributed by atoms with Gasteiger partial charge in [-0.05, 0) is 6.92 Å². The lowest BCUT2D eigenvalue weighted by Crippen LogP contribution is -2.03. The van der Waals surface area contributed by atoms with Gasteiger partial charge in [0.15, 0.2) is 0 Å². The van der Waals surface area contributed by atoms with Crippen LogP contribution >= 0.6 is 0 Å². The Morgan fingerprint density at radius 3 is 1.86 bits per heavy atom. The number of hydrogen-bond donors (Lipinski definition) is 2. The second-order valence-corrected chi connectivity index (χ2v) is 2.22. The van der Waals surface area contributed by atoms with Crippen molar-refractivity contribution in [2.45, 2.75) is 20.0 Å². The third kappa shape index (κ3) is 67.5. The molecule has 0 fully saturated rings. The molecule has 0 aliphatic carbocycles. The largest absolute Gasteiger partial charge is 0.435 e. The van der Waals surface area contributed by atoms with Crippen LogP contribution in [-0.2, 0) is 14.3 Å². The molecule has 1 unspecified atom stereocenters. The van der Waals surface area contributed by atoms with E-state index in [1.54, 1.807) is 14.2 Å². The van der Waals surface area contributed by atoms with Crippen molar-refractivity contribution in [2.75, 3.05) is 20.8 Å². The minimum atomic E-state index is -0.560. The minimum absolute atomic E-state index is 0.139. The molecule has 2 N–H and O–H groups in total. The van der Waals surface area contributed by atoms with E-state index < -0.39 is 6.10 Å². The SMILES string of the molecule is C=COC(C)=O.CC(O)CO.COC. The Morgan fingerprint density at radius 2 is 1.86 bits per heavy atom. The van der Waals surface area contributed by atoms with Gasteiger partial charge in [-0.15, -0.1) is 0 Å². The molecule has 5 nitrogen and oxygen atoms in total. The van der Waals surface area contributed by atoms with Crippen LogP contribution in [0.15, 0.2) is 12.8 Å². The normalized spacial score (nSPS) is 9.57. The lowest BCUT2D eigenvalue weighted by Gasteiger charge is -1.90. The zero-order valence-electron chi connectivity index (χ0n) is 9.19. The summed E-state index contributed by atoms with van der Waals surface area (Å²) in [4.78, 5) is 9.75. The molecule has 0 amide bonds. The smallest absolute Gasteiger partial charge is 0.307 e. The standard InChI is InChI=1S/C4H6O2.C3H8O2.C2H6O/c1-3-6-4(2)5;1-3(5)2-4;1-3-2/h3H,1H2,2H3;3-5H,2H2,1H3;1-2H3. The number of rotatable bonds is 2. The Balaban J connectivity index is -0.000000138. The molecular weight excluding hydrogens is 188 g/mol. The monoisotopic (exact) mass is 208 g/mol. The van der Waals surface area contributed by atoms with E-state index in [0.29, 0.717) is 0 Å². The fourth-order valence-corrected chi connectivity index (χ4v) is 0.117. The predicted octanol–water partition coefficient (Wildman–Crippen LogP) is 0.315. The van der Waals surface area contributed by atoms with Gasteiger partial charge in [0.1, 0.15) is 0 Å². The van der Waals surface area contributed by atoms with Gasteiger partial charge in [0, 0.05) is 21.1 Å². The van der Waals surface area contributed by atoms with Gasteiger partial charge in [0.2, 0.25) is 0 Å². The van der Waals surface area contributed by atoms with Crippen molar-refractivity contribution in [3.63, 3.8) is 0 Å². The Morgan fingerprint density at radius 1 is 1.57 bits per heavy atom. The van der Waals surface area contributed by atoms with E-state index in [2.05, 4.69) is 16.1 Å². The molecule has 0 spiro atoms. The van der Waals surface area contributed by atoms with E-state index in [-0.39, 0.29) is 12.6 Å². The maximum atomic E-state index is 9.75. The summed E-state index contributed by atoms with van der Waals surface area (Å²) in [5.41, 5.74) is 0. The third-order valence-electron chi connectivity index (χ3n) is 0.514. The summed E-state index contributed by atoms with van der Waals surface area (Å²) in [6.45, 7) is 5.87. The fraction of sp³-hybridized carbons (Fsp3) is 0.667. The van der Waals surface area contributed by atoms with Crippen LogP contribution in [0.3, 0.4) is 0 Å². The van der Waals surface area contributed by atoms with Crippen LogP contribution in [0.5, 0.6) is 0 Å². The van der Waals surface area contributed by atoms with Crippen molar-refractivity contribution in [1.82, 2.24) is 0 Å². The van der Waals surface area contributed by atoms with Gasteiger partial charge in [-0.1, -0.05) is 6.58 Å². The number of aliphatic hydroxyl groups is 2. The summed E-state index contributed by atoms with van der Waals surface area (Å²) in [5.74, 6) is -0.329. The van der Waals surface area contributed by atoms with Crippen LogP contribution in [0.1, 0.15) is 13.8 Å². The summed E-state index contributed by atoms with van der Waals surface area (Å²) >= 11 is 0. The van der Waals surface area contributed by atoms with Crippen molar-refractivity contribution in [1.29, 1.82) is 0 Å². The third-order valence-corrected chi connectivity index (χ3v) is 0.514. The summed E-state index contributed by atoms with van der Waals surface area (Å²) < 4.78 is 8.42. The molecule has 0 bridgehead atoms. The minimum Gasteiger partial charge on any atom is -0.435 e. The number of hydrogen-bond acceptors (Lipinski definition) is 5. The average molecular weight is 208 g/mol. The molecule has 0 heterocycles. The van der Waals surface area contributed by atoms with E-state index in [0.717, 1.165) is 6.26 Å². The summed E-state index contributed by atoms with van der Waals surface area (Å²) in [6, 6.07) is 0. The predicted molar refractivity (Wildman–Crippen MR) is 53.7 cm³/mol. The lowest BCUT2D eigenvalue weighted by atomic mass is 10.5. The molecule has 0 aromatic heterocycles. The molecule has 0 aliphatic rings. The first kappa shape index (κ1) is 18.8. The van der Waals surface area contributed by atoms with E-state index >= 15 is 0 Å². The van der Waals surface area contributed by atoms with Gasteiger partial charge in [0.05, 0.1) is 19.0 Å². The van der Waals surface area contributed by atoms with Crippen molar-refractivity contribution >= 4 is 5.97 Å². The van der Waals surface area contributed by atoms with Gasteiger partial charge in [-0.3, -0.25) is 4.79 Å². The highest BCUT2D eigenvalue weighted by Gasteiger charge is 1.83. The number of esters is 1. The van der Waals surface area contributed by atoms with Crippen LogP contribution in [0.4, 0.5) is 0 Å². The molecule has 0 saturated heterocycles. The van der Waals surface area contributed by atoms with Gasteiger partial charge in [-0.2, -0.15) is 0 Å². The van der Waals surface area contributed by atoms with Crippen LogP contribution in [0.2, 0.25) is 0 Å². The maximum Gasteiger partial charge on any atom is 0.307 e. The van der Waals surface area contributed by atoms with E-state index in [9.17, 15) is 4.79 Å². The average Bonchev–Trinajstić information content (AvgIpc) is 2.06. The summed E-state index contributed by atoms with van der Waals surface area (Å²) in [7, 11) is 3.25. The summed E-state index contributed by atoms with van der Waals surface area (Å²) in [6.07, 6.45) is 0.539. The second kappa shape index (κ2) is 18.0. The molecular formula is C9H20O5. The van der Waals surface area contributed by atoms with E-state index in [1.165, 1.54) is 13.8 Å². The van der Waals surface area contributed by atoms with Crippen molar-refractivity contribution in [2.24, 2.45) is 0 Å². The van der Waals surface area contributed by atoms with Crippen molar-refractivity contribution < 1.29 is 24.5 Å². The number of aliphatic hydroxyl groups excluding tert-OH is 2. The number of carbonyl (C=O) groups excluding carboxylic acids is 1. The maximum absolute atomic E-state index is 9.75. The van der Waals surface area contributed by atoms with Crippen LogP contribution in [0, 0.1) is 0 Å². The molecule has 0 aliphatic heterocycles. The molecule has 0 radical (unpaired) electrons. The molecule has 1 atom stereocenters. The van der Waals surface area contributed by atoms with Crippen LogP contribution in [-0.4, -0.2) is 43.1 Å². The van der Waals surface area contributed by atoms with Crippen molar-refractivity contribution in [3.8, 4) is 0 Å². The highest BCUT2D eigenvalue weighted by Crippen LogP contribution is 1.70. The molecule has 14 heavy (non-hydrogen) atoms. The first-order chi connectivity index (χ1) is 6.45. The fourth-order valence-electron chi connectivity index (χ4n) is 0.117. The highest BCUT2D eigenvalue weighted by atomic mass is 16.5. The molecule has 5 heteroatoms. The zero-order chi connectivity index (χ0) is 12.0. The zero-order valence-corrected chi connectivity index (χ0v) is 9.19. The first-order valence-electron chi connectivity index (χ1n) is 3.93. The topological polar surface area (TPSA) is 76.0 Å². The Hall–Kier alpha value is -0.910. The van der Waals surface area contributed by atoms with Gasteiger partial charge < -0.3 is 19.7 Å². The quantitative estimate of drug-likeness (QED) is 0.504. The van der Waals surface area contributed by atoms with Crippen LogP contribution in [0.25, 0.3) is 0 Å². The number of ether oxygens (including phenoxy) is 2. The molecule has 0 rings (SSSR count). The molecule has 0 saturated carbocycles. The van der Waals surface area contributed by atoms with E-state index in [1.807, 2.05) is 0 Å². The molecule has 0 aromatic carbocycles. The van der Waals surface area contributed by atoms with E-state index in [4.69, 9.17) is 10.2 Å². The Labute approximate surface area is 85.0 Å². The van der Waals surface area contributed by atoms with Crippen molar-refractivity contribution in [3.05, 3.63) is 12.8 Å². The lowest BCUT2D eigenvalue weighted by molar-refractivity contribution is -0.135. The molecule has 0 aromatic rings. The Kier molecular flexibility index (Phi) is 24.2. The molecule has 86 valence electrons. The highest BCUT2D eigenvalue weighted by molar-refractivity contribution is 5.66. The van der Waals surface area contributed by atoms with Gasteiger partial charge >= 0.3 is 5.97 Å².